The van der Waals surface area contributed by atoms with Crippen LogP contribution in [0.2, 0.25) is 5.02 Å². The number of nitrogens with one attached hydrogen (secondary N) is 1. The van der Waals surface area contributed by atoms with Gasteiger partial charge in [0.15, 0.2) is 0 Å². The number of ether oxygens (including phenoxy) is 1. The summed E-state index contributed by atoms with van der Waals surface area (Å²) in [5.41, 5.74) is 1.29. The molecular weight excluding hydrogens is 404 g/mol. The van der Waals surface area contributed by atoms with Crippen molar-refractivity contribution in [3.05, 3.63) is 65.2 Å². The maximum atomic E-state index is 13.0. The highest BCUT2D eigenvalue weighted by molar-refractivity contribution is 6.32. The van der Waals surface area contributed by atoms with Crippen LogP contribution in [0.1, 0.15) is 16.8 Å². The molecule has 30 heavy (non-hydrogen) atoms. The zero-order valence-corrected chi connectivity index (χ0v) is 16.9. The summed E-state index contributed by atoms with van der Waals surface area (Å²) >= 11 is 6.11. The Kier molecular flexibility index (Phi) is 4.40. The molecule has 2 aromatic rings. The number of hydrogen-bond donors (Lipinski definition) is 1. The van der Waals surface area contributed by atoms with Crippen molar-refractivity contribution in [2.75, 3.05) is 17.3 Å². The molecular formula is C23H19ClN2O4. The molecule has 5 rings (SSSR count). The normalized spacial score (nSPS) is 26.3. The van der Waals surface area contributed by atoms with Gasteiger partial charge < -0.3 is 10.1 Å². The molecule has 3 amide bonds. The molecule has 1 heterocycles. The molecule has 1 saturated heterocycles. The van der Waals surface area contributed by atoms with Crippen LogP contribution >= 0.6 is 11.6 Å². The largest absolute Gasteiger partial charge is 0.495 e. The Labute approximate surface area is 178 Å². The topological polar surface area (TPSA) is 75.7 Å². The summed E-state index contributed by atoms with van der Waals surface area (Å²) in [5.74, 6) is -0.433. The number of rotatable bonds is 4. The highest BCUT2D eigenvalue weighted by atomic mass is 35.5. The van der Waals surface area contributed by atoms with E-state index in [0.717, 1.165) is 6.42 Å². The van der Waals surface area contributed by atoms with Crippen molar-refractivity contribution in [3.8, 4) is 5.75 Å². The van der Waals surface area contributed by atoms with Gasteiger partial charge in [0.2, 0.25) is 11.8 Å². The van der Waals surface area contributed by atoms with Gasteiger partial charge in [-0.25, -0.2) is 4.90 Å². The van der Waals surface area contributed by atoms with Crippen molar-refractivity contribution in [1.29, 1.82) is 0 Å². The lowest BCUT2D eigenvalue weighted by Gasteiger charge is -2.18. The van der Waals surface area contributed by atoms with Gasteiger partial charge in [-0.1, -0.05) is 29.8 Å². The first-order valence-electron chi connectivity index (χ1n) is 9.79. The number of anilines is 2. The lowest BCUT2D eigenvalue weighted by atomic mass is 9.85. The third kappa shape index (κ3) is 2.82. The molecule has 1 saturated carbocycles. The third-order valence-electron chi connectivity index (χ3n) is 6.25. The van der Waals surface area contributed by atoms with Crippen LogP contribution in [0.25, 0.3) is 0 Å². The van der Waals surface area contributed by atoms with Gasteiger partial charge >= 0.3 is 0 Å². The number of allylic oxidation sites excluding steroid dienone is 2. The molecule has 152 valence electrons. The summed E-state index contributed by atoms with van der Waals surface area (Å²) < 4.78 is 5.11. The molecule has 0 radical (unpaired) electrons. The number of nitrogens with zero attached hydrogens (tertiary/aromatic N) is 1. The van der Waals surface area contributed by atoms with Gasteiger partial charge in [0, 0.05) is 11.3 Å². The zero-order chi connectivity index (χ0) is 21.0. The van der Waals surface area contributed by atoms with E-state index in [4.69, 9.17) is 16.3 Å². The Balaban J connectivity index is 1.38. The van der Waals surface area contributed by atoms with Crippen molar-refractivity contribution < 1.29 is 19.1 Å². The van der Waals surface area contributed by atoms with Crippen LogP contribution in [-0.4, -0.2) is 24.8 Å². The summed E-state index contributed by atoms with van der Waals surface area (Å²) in [4.78, 5) is 40.0. The van der Waals surface area contributed by atoms with Crippen LogP contribution in [0, 0.1) is 23.7 Å². The van der Waals surface area contributed by atoms with E-state index < -0.39 is 0 Å². The van der Waals surface area contributed by atoms with Crippen molar-refractivity contribution in [2.24, 2.45) is 23.7 Å². The number of carbonyl (C=O) groups excluding carboxylic acids is 3. The van der Waals surface area contributed by atoms with E-state index in [9.17, 15) is 14.4 Å². The Morgan fingerprint density at radius 3 is 2.40 bits per heavy atom. The third-order valence-corrected chi connectivity index (χ3v) is 6.54. The summed E-state index contributed by atoms with van der Waals surface area (Å²) in [6, 6.07) is 11.5. The van der Waals surface area contributed by atoms with Gasteiger partial charge in [-0.3, -0.25) is 14.4 Å². The first-order valence-corrected chi connectivity index (χ1v) is 10.2. The van der Waals surface area contributed by atoms with Crippen molar-refractivity contribution in [1.82, 2.24) is 0 Å². The van der Waals surface area contributed by atoms with Crippen LogP contribution in [-0.2, 0) is 9.59 Å². The van der Waals surface area contributed by atoms with E-state index in [2.05, 4.69) is 17.5 Å². The standard InChI is InChI=1S/C23H19ClN2O4/c1-30-18-8-7-15(11-17(18)24)25-21(27)14-3-2-4-16(10-14)26-22(28)19-12-5-6-13(9-12)20(19)23(26)29/h2-8,10-13,19-20H,9H2,1H3,(H,25,27)/t12-,13-,19-,20-/m0/s1. The van der Waals surface area contributed by atoms with E-state index >= 15 is 0 Å². The van der Waals surface area contributed by atoms with Crippen molar-refractivity contribution >= 4 is 40.7 Å². The van der Waals surface area contributed by atoms with Crippen LogP contribution < -0.4 is 15.0 Å². The van der Waals surface area contributed by atoms with Crippen LogP contribution in [0.5, 0.6) is 5.75 Å². The highest BCUT2D eigenvalue weighted by Gasteiger charge is 2.59. The lowest BCUT2D eigenvalue weighted by molar-refractivity contribution is -0.123. The fourth-order valence-electron chi connectivity index (χ4n) is 4.89. The minimum Gasteiger partial charge on any atom is -0.495 e. The highest BCUT2D eigenvalue weighted by Crippen LogP contribution is 2.53. The molecule has 2 bridgehead atoms. The maximum absolute atomic E-state index is 13.0. The molecule has 2 fully saturated rings. The van der Waals surface area contributed by atoms with Gasteiger partial charge in [-0.2, -0.15) is 0 Å². The summed E-state index contributed by atoms with van der Waals surface area (Å²) in [7, 11) is 1.52. The Bertz CT molecular complexity index is 1080. The van der Waals surface area contributed by atoms with E-state index in [-0.39, 0.29) is 41.4 Å². The number of amides is 3. The molecule has 0 aromatic heterocycles. The number of methoxy groups -OCH3 is 1. The second-order valence-electron chi connectivity index (χ2n) is 7.87. The monoisotopic (exact) mass is 422 g/mol. The number of hydrogen-bond acceptors (Lipinski definition) is 4. The molecule has 2 aromatic carbocycles. The van der Waals surface area contributed by atoms with Crippen molar-refractivity contribution in [3.63, 3.8) is 0 Å². The summed E-state index contributed by atoms with van der Waals surface area (Å²) in [6.07, 6.45) is 5.00. The van der Waals surface area contributed by atoms with Gasteiger partial charge in [-0.05, 0) is 54.7 Å². The number of carbonyl (C=O) groups is 3. The van der Waals surface area contributed by atoms with Gasteiger partial charge in [-0.15, -0.1) is 0 Å². The molecule has 0 unspecified atom stereocenters. The maximum Gasteiger partial charge on any atom is 0.255 e. The Morgan fingerprint density at radius 1 is 1.07 bits per heavy atom. The molecule has 2 aliphatic carbocycles. The fourth-order valence-corrected chi connectivity index (χ4v) is 5.15. The van der Waals surface area contributed by atoms with Gasteiger partial charge in [0.1, 0.15) is 5.75 Å². The SMILES string of the molecule is COc1ccc(NC(=O)c2cccc(N3C(=O)[C@@H]4[C@@H](C3=O)[C@H]3C=C[C@H]4C3)c2)cc1Cl. The van der Waals surface area contributed by atoms with Crippen molar-refractivity contribution in [2.45, 2.75) is 6.42 Å². The molecule has 1 N–H and O–H groups in total. The van der Waals surface area contributed by atoms with Gasteiger partial charge in [0.25, 0.3) is 5.91 Å². The second-order valence-corrected chi connectivity index (χ2v) is 8.27. The second kappa shape index (κ2) is 6.99. The molecule has 0 spiro atoms. The van der Waals surface area contributed by atoms with Crippen LogP contribution in [0.3, 0.4) is 0 Å². The zero-order valence-electron chi connectivity index (χ0n) is 16.2. The molecule has 1 aliphatic heterocycles. The van der Waals surface area contributed by atoms with E-state index in [1.165, 1.54) is 12.0 Å². The number of halogens is 1. The smallest absolute Gasteiger partial charge is 0.255 e. The van der Waals surface area contributed by atoms with Gasteiger partial charge in [0.05, 0.1) is 29.7 Å². The number of benzene rings is 2. The molecule has 3 aliphatic rings. The summed E-state index contributed by atoms with van der Waals surface area (Å²) in [5, 5.41) is 3.16. The lowest BCUT2D eigenvalue weighted by Crippen LogP contribution is -2.33. The Morgan fingerprint density at radius 2 is 1.77 bits per heavy atom. The first-order chi connectivity index (χ1) is 14.5. The average molecular weight is 423 g/mol. The van der Waals surface area contributed by atoms with Crippen LogP contribution in [0.15, 0.2) is 54.6 Å². The predicted molar refractivity (Wildman–Crippen MR) is 113 cm³/mol. The minimum absolute atomic E-state index is 0.146. The van der Waals surface area contributed by atoms with E-state index in [0.29, 0.717) is 27.7 Å². The predicted octanol–water partition coefficient (Wildman–Crippen LogP) is 3.91. The Hall–Kier alpha value is -3.12. The first kappa shape index (κ1) is 18.9. The summed E-state index contributed by atoms with van der Waals surface area (Å²) in [6.45, 7) is 0. The van der Waals surface area contributed by atoms with E-state index in [1.54, 1.807) is 42.5 Å². The molecule has 7 heteroatoms. The average Bonchev–Trinajstić information content (AvgIpc) is 3.42. The molecule has 6 nitrogen and oxygen atoms in total. The molecule has 4 atom stereocenters. The van der Waals surface area contributed by atoms with E-state index in [1.807, 2.05) is 0 Å². The minimum atomic E-state index is -0.362. The number of fused-ring (bicyclic) bond motifs is 5. The van der Waals surface area contributed by atoms with Crippen LogP contribution in [0.4, 0.5) is 11.4 Å². The fraction of sp³-hybridized carbons (Fsp3) is 0.261. The quantitative estimate of drug-likeness (QED) is 0.598. The number of imide groups is 1.